The van der Waals surface area contributed by atoms with Crippen LogP contribution in [-0.2, 0) is 6.54 Å². The molecule has 0 aliphatic carbocycles. The normalized spacial score (nSPS) is 12.2. The summed E-state index contributed by atoms with van der Waals surface area (Å²) in [6.07, 6.45) is 4.53. The van der Waals surface area contributed by atoms with Crippen molar-refractivity contribution in [3.63, 3.8) is 0 Å². The SMILES string of the molecule is CCC(C)c1ccccc1Oc1cnccc1CN. The quantitative estimate of drug-likeness (QED) is 0.884. The number of para-hydroxylation sites is 1. The van der Waals surface area contributed by atoms with Crippen molar-refractivity contribution in [1.29, 1.82) is 0 Å². The zero-order chi connectivity index (χ0) is 13.7. The molecule has 19 heavy (non-hydrogen) atoms. The van der Waals surface area contributed by atoms with E-state index in [4.69, 9.17) is 10.5 Å². The fraction of sp³-hybridized carbons (Fsp3) is 0.312. The van der Waals surface area contributed by atoms with E-state index >= 15 is 0 Å². The van der Waals surface area contributed by atoms with Gasteiger partial charge in [0.25, 0.3) is 0 Å². The summed E-state index contributed by atoms with van der Waals surface area (Å²) in [5.74, 6) is 2.09. The van der Waals surface area contributed by atoms with Crippen LogP contribution in [0.25, 0.3) is 0 Å². The van der Waals surface area contributed by atoms with Crippen molar-refractivity contribution in [3.8, 4) is 11.5 Å². The summed E-state index contributed by atoms with van der Waals surface area (Å²) in [5, 5.41) is 0. The van der Waals surface area contributed by atoms with E-state index < -0.39 is 0 Å². The zero-order valence-electron chi connectivity index (χ0n) is 11.5. The Morgan fingerprint density at radius 2 is 2.00 bits per heavy atom. The van der Waals surface area contributed by atoms with Gasteiger partial charge in [0.15, 0.2) is 0 Å². The van der Waals surface area contributed by atoms with Crippen LogP contribution >= 0.6 is 0 Å². The number of benzene rings is 1. The van der Waals surface area contributed by atoms with Crippen LogP contribution in [0.4, 0.5) is 0 Å². The van der Waals surface area contributed by atoms with Gasteiger partial charge in [0, 0.05) is 18.3 Å². The number of rotatable bonds is 5. The van der Waals surface area contributed by atoms with Crippen molar-refractivity contribution >= 4 is 0 Å². The number of hydrogen-bond acceptors (Lipinski definition) is 3. The lowest BCUT2D eigenvalue weighted by Crippen LogP contribution is -2.01. The van der Waals surface area contributed by atoms with Gasteiger partial charge in [-0.15, -0.1) is 0 Å². The van der Waals surface area contributed by atoms with Crippen LogP contribution in [0.3, 0.4) is 0 Å². The first-order chi connectivity index (χ1) is 9.26. The minimum atomic E-state index is 0.448. The average molecular weight is 256 g/mol. The van der Waals surface area contributed by atoms with Crippen molar-refractivity contribution in [1.82, 2.24) is 4.98 Å². The minimum Gasteiger partial charge on any atom is -0.455 e. The van der Waals surface area contributed by atoms with E-state index in [0.717, 1.165) is 23.5 Å². The second-order valence-corrected chi connectivity index (χ2v) is 4.64. The molecule has 1 heterocycles. The molecule has 1 aromatic carbocycles. The topological polar surface area (TPSA) is 48.1 Å². The summed E-state index contributed by atoms with van der Waals surface area (Å²) in [6.45, 7) is 4.83. The van der Waals surface area contributed by atoms with Crippen molar-refractivity contribution in [2.45, 2.75) is 32.7 Å². The first-order valence-corrected chi connectivity index (χ1v) is 6.66. The molecule has 0 aliphatic heterocycles. The molecule has 0 bridgehead atoms. The second kappa shape index (κ2) is 6.34. The number of aromatic nitrogens is 1. The van der Waals surface area contributed by atoms with Crippen LogP contribution in [0.2, 0.25) is 0 Å². The van der Waals surface area contributed by atoms with E-state index in [-0.39, 0.29) is 0 Å². The summed E-state index contributed by atoms with van der Waals surface area (Å²) >= 11 is 0. The van der Waals surface area contributed by atoms with Gasteiger partial charge >= 0.3 is 0 Å². The summed E-state index contributed by atoms with van der Waals surface area (Å²) < 4.78 is 6.01. The molecule has 0 spiro atoms. The molecule has 0 amide bonds. The summed E-state index contributed by atoms with van der Waals surface area (Å²) in [6, 6.07) is 10.0. The van der Waals surface area contributed by atoms with Gasteiger partial charge in [-0.2, -0.15) is 0 Å². The maximum absolute atomic E-state index is 6.01. The summed E-state index contributed by atoms with van der Waals surface area (Å²) in [4.78, 5) is 4.10. The Labute approximate surface area is 114 Å². The van der Waals surface area contributed by atoms with Crippen molar-refractivity contribution in [2.24, 2.45) is 5.73 Å². The van der Waals surface area contributed by atoms with Gasteiger partial charge in [-0.1, -0.05) is 32.0 Å². The molecular formula is C16H20N2O. The molecule has 0 fully saturated rings. The Balaban J connectivity index is 2.33. The molecule has 3 nitrogen and oxygen atoms in total. The largest absolute Gasteiger partial charge is 0.455 e. The lowest BCUT2D eigenvalue weighted by atomic mass is 9.98. The summed E-state index contributed by atoms with van der Waals surface area (Å²) in [7, 11) is 0. The van der Waals surface area contributed by atoms with Crippen LogP contribution in [0.15, 0.2) is 42.7 Å². The predicted octanol–water partition coefficient (Wildman–Crippen LogP) is 3.85. The highest BCUT2D eigenvalue weighted by atomic mass is 16.5. The summed E-state index contributed by atoms with van der Waals surface area (Å²) in [5.41, 5.74) is 7.91. The van der Waals surface area contributed by atoms with Crippen molar-refractivity contribution in [2.75, 3.05) is 0 Å². The standard InChI is InChI=1S/C16H20N2O/c1-3-12(2)14-6-4-5-7-15(14)19-16-11-18-9-8-13(16)10-17/h4-9,11-12H,3,10,17H2,1-2H3. The van der Waals surface area contributed by atoms with Crippen LogP contribution in [0.1, 0.15) is 37.3 Å². The highest BCUT2D eigenvalue weighted by molar-refractivity contribution is 5.41. The number of hydrogen-bond donors (Lipinski definition) is 1. The lowest BCUT2D eigenvalue weighted by Gasteiger charge is -2.16. The molecule has 2 rings (SSSR count). The number of ether oxygens (including phenoxy) is 1. The lowest BCUT2D eigenvalue weighted by molar-refractivity contribution is 0.462. The van der Waals surface area contributed by atoms with Crippen LogP contribution in [0.5, 0.6) is 11.5 Å². The molecule has 0 saturated heterocycles. The van der Waals surface area contributed by atoms with Gasteiger partial charge in [0.2, 0.25) is 0 Å². The van der Waals surface area contributed by atoms with Gasteiger partial charge in [-0.25, -0.2) is 0 Å². The minimum absolute atomic E-state index is 0.448. The molecular weight excluding hydrogens is 236 g/mol. The molecule has 0 radical (unpaired) electrons. The zero-order valence-corrected chi connectivity index (χ0v) is 11.5. The molecule has 3 heteroatoms. The fourth-order valence-electron chi connectivity index (χ4n) is 1.99. The Morgan fingerprint density at radius 1 is 1.21 bits per heavy atom. The molecule has 2 N–H and O–H groups in total. The third kappa shape index (κ3) is 3.12. The van der Waals surface area contributed by atoms with E-state index in [0.29, 0.717) is 12.5 Å². The third-order valence-corrected chi connectivity index (χ3v) is 3.37. The number of pyridine rings is 1. The van der Waals surface area contributed by atoms with Gasteiger partial charge in [-0.3, -0.25) is 4.98 Å². The molecule has 1 atom stereocenters. The Hall–Kier alpha value is -1.87. The molecule has 0 aliphatic rings. The number of nitrogens with zero attached hydrogens (tertiary/aromatic N) is 1. The Morgan fingerprint density at radius 3 is 2.74 bits per heavy atom. The Bertz CT molecular complexity index is 540. The molecule has 0 saturated carbocycles. The third-order valence-electron chi connectivity index (χ3n) is 3.37. The van der Waals surface area contributed by atoms with Gasteiger partial charge in [0.05, 0.1) is 6.20 Å². The molecule has 2 aromatic rings. The maximum atomic E-state index is 6.01. The molecule has 1 unspecified atom stereocenters. The fourth-order valence-corrected chi connectivity index (χ4v) is 1.99. The molecule has 100 valence electrons. The monoisotopic (exact) mass is 256 g/mol. The highest BCUT2D eigenvalue weighted by Crippen LogP contribution is 2.32. The second-order valence-electron chi connectivity index (χ2n) is 4.64. The average Bonchev–Trinajstić information content (AvgIpc) is 2.47. The highest BCUT2D eigenvalue weighted by Gasteiger charge is 2.11. The van der Waals surface area contributed by atoms with Gasteiger partial charge in [-0.05, 0) is 30.0 Å². The number of nitrogens with two attached hydrogens (primary N) is 1. The van der Waals surface area contributed by atoms with Gasteiger partial charge < -0.3 is 10.5 Å². The van der Waals surface area contributed by atoms with Crippen molar-refractivity contribution in [3.05, 3.63) is 53.9 Å². The first kappa shape index (κ1) is 13.6. The van der Waals surface area contributed by atoms with E-state index in [9.17, 15) is 0 Å². The van der Waals surface area contributed by atoms with Crippen LogP contribution in [0, 0.1) is 0 Å². The first-order valence-electron chi connectivity index (χ1n) is 6.66. The predicted molar refractivity (Wildman–Crippen MR) is 77.4 cm³/mol. The maximum Gasteiger partial charge on any atom is 0.150 e. The van der Waals surface area contributed by atoms with Crippen molar-refractivity contribution < 1.29 is 4.74 Å². The van der Waals surface area contributed by atoms with E-state index in [1.165, 1.54) is 5.56 Å². The van der Waals surface area contributed by atoms with Gasteiger partial charge in [0.1, 0.15) is 11.5 Å². The van der Waals surface area contributed by atoms with E-state index in [1.54, 1.807) is 12.4 Å². The Kier molecular flexibility index (Phi) is 4.53. The van der Waals surface area contributed by atoms with Crippen LogP contribution < -0.4 is 10.5 Å². The smallest absolute Gasteiger partial charge is 0.150 e. The van der Waals surface area contributed by atoms with Crippen LogP contribution in [-0.4, -0.2) is 4.98 Å². The molecule has 1 aromatic heterocycles. The van der Waals surface area contributed by atoms with E-state index in [1.807, 2.05) is 24.3 Å². The van der Waals surface area contributed by atoms with E-state index in [2.05, 4.69) is 24.9 Å².